The topological polar surface area (TPSA) is 45.7 Å². The average molecular weight is 405 g/mol. The maximum atomic E-state index is 5.41. The Morgan fingerprint density at radius 1 is 1.24 bits per heavy atom. The number of para-hydroxylation sites is 1. The molecule has 0 fully saturated rings. The van der Waals surface area contributed by atoms with E-state index in [1.54, 1.807) is 7.11 Å². The second-order valence-corrected chi connectivity index (χ2v) is 5.16. The van der Waals surface area contributed by atoms with E-state index in [1.807, 2.05) is 18.2 Å². The maximum absolute atomic E-state index is 5.41. The molecule has 1 aromatic rings. The molecule has 4 nitrogen and oxygen atoms in total. The van der Waals surface area contributed by atoms with Gasteiger partial charge in [-0.3, -0.25) is 4.99 Å². The standard InChI is InChI=1S/C16H27N3O.HI/c1-6-17-16(19-12(2)3)18-11-13(4)14-9-7-8-10-15(14)20-5;/h7-10,12-13H,6,11H2,1-5H3,(H2,17,18,19);1H. The molecule has 1 atom stereocenters. The van der Waals surface area contributed by atoms with Gasteiger partial charge in [0.2, 0.25) is 0 Å². The van der Waals surface area contributed by atoms with Crippen LogP contribution in [0.2, 0.25) is 0 Å². The van der Waals surface area contributed by atoms with E-state index in [9.17, 15) is 0 Å². The molecule has 21 heavy (non-hydrogen) atoms. The number of ether oxygens (including phenoxy) is 1. The fourth-order valence-electron chi connectivity index (χ4n) is 1.99. The highest BCUT2D eigenvalue weighted by Crippen LogP contribution is 2.26. The highest BCUT2D eigenvalue weighted by atomic mass is 127. The zero-order valence-corrected chi connectivity index (χ0v) is 16.0. The third-order valence-electron chi connectivity index (χ3n) is 2.96. The average Bonchev–Trinajstić information content (AvgIpc) is 2.44. The van der Waals surface area contributed by atoms with Gasteiger partial charge in [-0.05, 0) is 32.4 Å². The normalized spacial score (nSPS) is 12.6. The minimum absolute atomic E-state index is 0. The summed E-state index contributed by atoms with van der Waals surface area (Å²) in [5.41, 5.74) is 1.19. The lowest BCUT2D eigenvalue weighted by Gasteiger charge is -2.17. The van der Waals surface area contributed by atoms with Crippen molar-refractivity contribution in [2.45, 2.75) is 39.7 Å². The van der Waals surface area contributed by atoms with Gasteiger partial charge in [0, 0.05) is 25.0 Å². The second kappa shape index (κ2) is 10.7. The predicted molar refractivity (Wildman–Crippen MR) is 101 cm³/mol. The summed E-state index contributed by atoms with van der Waals surface area (Å²) in [4.78, 5) is 4.64. The number of hydrogen-bond donors (Lipinski definition) is 2. The van der Waals surface area contributed by atoms with Crippen LogP contribution in [0, 0.1) is 0 Å². The molecule has 0 spiro atoms. The number of hydrogen-bond acceptors (Lipinski definition) is 2. The van der Waals surface area contributed by atoms with Gasteiger partial charge < -0.3 is 15.4 Å². The van der Waals surface area contributed by atoms with Crippen LogP contribution >= 0.6 is 24.0 Å². The Kier molecular flexibility index (Phi) is 10.2. The summed E-state index contributed by atoms with van der Waals surface area (Å²) in [7, 11) is 1.71. The van der Waals surface area contributed by atoms with E-state index in [-0.39, 0.29) is 24.0 Å². The number of benzene rings is 1. The van der Waals surface area contributed by atoms with Crippen LogP contribution in [0.3, 0.4) is 0 Å². The first-order valence-electron chi connectivity index (χ1n) is 7.26. The lowest BCUT2D eigenvalue weighted by Crippen LogP contribution is -2.41. The van der Waals surface area contributed by atoms with Crippen LogP contribution in [0.15, 0.2) is 29.3 Å². The molecule has 5 heteroatoms. The third-order valence-corrected chi connectivity index (χ3v) is 2.96. The van der Waals surface area contributed by atoms with Gasteiger partial charge in [0.1, 0.15) is 5.75 Å². The molecule has 1 unspecified atom stereocenters. The Morgan fingerprint density at radius 3 is 2.48 bits per heavy atom. The Balaban J connectivity index is 0.00000400. The minimum atomic E-state index is 0. The van der Waals surface area contributed by atoms with Crippen molar-refractivity contribution in [3.8, 4) is 5.75 Å². The van der Waals surface area contributed by atoms with Crippen LogP contribution in [-0.4, -0.2) is 32.2 Å². The number of guanidine groups is 1. The Morgan fingerprint density at radius 2 is 1.90 bits per heavy atom. The Bertz CT molecular complexity index is 435. The molecule has 0 saturated heterocycles. The van der Waals surface area contributed by atoms with E-state index < -0.39 is 0 Å². The van der Waals surface area contributed by atoms with Gasteiger partial charge >= 0.3 is 0 Å². The van der Waals surface area contributed by atoms with Crippen molar-refractivity contribution in [2.75, 3.05) is 20.2 Å². The zero-order chi connectivity index (χ0) is 15.0. The van der Waals surface area contributed by atoms with E-state index in [1.165, 1.54) is 5.56 Å². The molecule has 2 N–H and O–H groups in total. The number of nitrogens with zero attached hydrogens (tertiary/aromatic N) is 1. The minimum Gasteiger partial charge on any atom is -0.496 e. The number of nitrogens with one attached hydrogen (secondary N) is 2. The number of halogens is 1. The quantitative estimate of drug-likeness (QED) is 0.433. The summed E-state index contributed by atoms with van der Waals surface area (Å²) < 4.78 is 5.41. The number of methoxy groups -OCH3 is 1. The fourth-order valence-corrected chi connectivity index (χ4v) is 1.99. The largest absolute Gasteiger partial charge is 0.496 e. The predicted octanol–water partition coefficient (Wildman–Crippen LogP) is 3.38. The van der Waals surface area contributed by atoms with Crippen molar-refractivity contribution in [3.05, 3.63) is 29.8 Å². The molecule has 0 aliphatic carbocycles. The summed E-state index contributed by atoms with van der Waals surface area (Å²) in [6.07, 6.45) is 0. The molecular weight excluding hydrogens is 377 g/mol. The highest BCUT2D eigenvalue weighted by Gasteiger charge is 2.10. The van der Waals surface area contributed by atoms with Gasteiger partial charge in [-0.2, -0.15) is 0 Å². The molecule has 0 heterocycles. The monoisotopic (exact) mass is 405 g/mol. The SMILES string of the molecule is CCNC(=NCC(C)c1ccccc1OC)NC(C)C.I. The van der Waals surface area contributed by atoms with Crippen molar-refractivity contribution in [2.24, 2.45) is 4.99 Å². The summed E-state index contributed by atoms with van der Waals surface area (Å²) >= 11 is 0. The molecule has 0 aliphatic heterocycles. The first-order chi connectivity index (χ1) is 9.58. The van der Waals surface area contributed by atoms with Crippen LogP contribution < -0.4 is 15.4 Å². The molecule has 0 radical (unpaired) electrons. The molecular formula is C16H28IN3O. The Hall–Kier alpha value is -0.980. The molecule has 120 valence electrons. The van der Waals surface area contributed by atoms with Gasteiger partial charge in [0.05, 0.1) is 7.11 Å². The van der Waals surface area contributed by atoms with E-state index in [2.05, 4.69) is 49.4 Å². The summed E-state index contributed by atoms with van der Waals surface area (Å²) in [6, 6.07) is 8.49. The number of aliphatic imine (C=N–C) groups is 1. The van der Waals surface area contributed by atoms with Crippen LogP contribution in [0.25, 0.3) is 0 Å². The second-order valence-electron chi connectivity index (χ2n) is 5.16. The molecule has 0 saturated carbocycles. The van der Waals surface area contributed by atoms with Crippen LogP contribution in [0.4, 0.5) is 0 Å². The maximum Gasteiger partial charge on any atom is 0.191 e. The van der Waals surface area contributed by atoms with Gasteiger partial charge in [0.15, 0.2) is 5.96 Å². The summed E-state index contributed by atoms with van der Waals surface area (Å²) in [5.74, 6) is 2.11. The molecule has 0 bridgehead atoms. The smallest absolute Gasteiger partial charge is 0.191 e. The van der Waals surface area contributed by atoms with Crippen molar-refractivity contribution < 1.29 is 4.74 Å². The Labute approximate surface area is 145 Å². The van der Waals surface area contributed by atoms with Gasteiger partial charge in [0.25, 0.3) is 0 Å². The van der Waals surface area contributed by atoms with Crippen molar-refractivity contribution in [3.63, 3.8) is 0 Å². The van der Waals surface area contributed by atoms with Crippen LogP contribution in [0.1, 0.15) is 39.2 Å². The van der Waals surface area contributed by atoms with Gasteiger partial charge in [-0.15, -0.1) is 24.0 Å². The van der Waals surface area contributed by atoms with E-state index >= 15 is 0 Å². The van der Waals surface area contributed by atoms with Crippen LogP contribution in [0.5, 0.6) is 5.75 Å². The van der Waals surface area contributed by atoms with E-state index in [0.717, 1.165) is 24.8 Å². The van der Waals surface area contributed by atoms with E-state index in [4.69, 9.17) is 4.74 Å². The molecule has 0 aliphatic rings. The molecule has 0 aromatic heterocycles. The molecule has 1 aromatic carbocycles. The van der Waals surface area contributed by atoms with Crippen LogP contribution in [-0.2, 0) is 0 Å². The van der Waals surface area contributed by atoms with Gasteiger partial charge in [-0.25, -0.2) is 0 Å². The summed E-state index contributed by atoms with van der Waals surface area (Å²) in [6.45, 7) is 10.0. The zero-order valence-electron chi connectivity index (χ0n) is 13.6. The lowest BCUT2D eigenvalue weighted by atomic mass is 10.0. The van der Waals surface area contributed by atoms with Crippen molar-refractivity contribution in [1.82, 2.24) is 10.6 Å². The number of rotatable bonds is 6. The first kappa shape index (κ1) is 20.0. The van der Waals surface area contributed by atoms with Gasteiger partial charge in [-0.1, -0.05) is 25.1 Å². The van der Waals surface area contributed by atoms with Crippen molar-refractivity contribution in [1.29, 1.82) is 0 Å². The molecule has 0 amide bonds. The lowest BCUT2D eigenvalue weighted by molar-refractivity contribution is 0.406. The van der Waals surface area contributed by atoms with E-state index in [0.29, 0.717) is 12.0 Å². The summed E-state index contributed by atoms with van der Waals surface area (Å²) in [5, 5.41) is 6.58. The third kappa shape index (κ3) is 7.02. The highest BCUT2D eigenvalue weighted by molar-refractivity contribution is 14.0. The first-order valence-corrected chi connectivity index (χ1v) is 7.26. The fraction of sp³-hybridized carbons (Fsp3) is 0.562. The van der Waals surface area contributed by atoms with Crippen molar-refractivity contribution >= 4 is 29.9 Å². The molecule has 1 rings (SSSR count).